The topological polar surface area (TPSA) is 149 Å². The lowest BCUT2D eigenvalue weighted by molar-refractivity contribution is -0.256. The summed E-state index contributed by atoms with van der Waals surface area (Å²) >= 11 is 6.03. The van der Waals surface area contributed by atoms with Gasteiger partial charge < -0.3 is 43.8 Å². The fourth-order valence-electron chi connectivity index (χ4n) is 9.19. The molecule has 3 aromatic rings. The number of ether oxygens (including phenoxy) is 5. The van der Waals surface area contributed by atoms with Gasteiger partial charge in [-0.05, 0) is 72.9 Å². The second-order valence-electron chi connectivity index (χ2n) is 15.7. The van der Waals surface area contributed by atoms with Gasteiger partial charge in [-0.25, -0.2) is 9.18 Å². The van der Waals surface area contributed by atoms with Crippen molar-refractivity contribution in [2.24, 2.45) is 22.9 Å². The highest BCUT2D eigenvalue weighted by molar-refractivity contribution is 6.18. The van der Waals surface area contributed by atoms with E-state index >= 15 is 0 Å². The Morgan fingerprint density at radius 3 is 2.47 bits per heavy atom. The van der Waals surface area contributed by atoms with E-state index in [-0.39, 0.29) is 102 Å². The minimum atomic E-state index is -1.53. The van der Waals surface area contributed by atoms with Crippen molar-refractivity contribution in [2.75, 3.05) is 58.7 Å². The normalized spacial score (nSPS) is 23.1. The molecular formula is C48H60ClFN2O10. The Hall–Kier alpha value is -4.50. The molecule has 0 radical (unpaired) electrons. The van der Waals surface area contributed by atoms with Gasteiger partial charge >= 0.3 is 6.09 Å². The number of fused-ring (bicyclic) bond motifs is 2. The van der Waals surface area contributed by atoms with Crippen molar-refractivity contribution in [3.05, 3.63) is 120 Å². The van der Waals surface area contributed by atoms with Crippen LogP contribution in [-0.2, 0) is 32.3 Å². The quantitative estimate of drug-likeness (QED) is 0.0332. The Labute approximate surface area is 368 Å². The zero-order chi connectivity index (χ0) is 43.7. The van der Waals surface area contributed by atoms with Gasteiger partial charge in [0, 0.05) is 43.2 Å². The van der Waals surface area contributed by atoms with Crippen LogP contribution in [0.2, 0.25) is 0 Å². The number of hydrogen-bond donors (Lipinski definition) is 3. The number of unbranched alkanes of at least 4 members (excludes halogenated alkanes) is 2. The molecule has 1 aliphatic heterocycles. The minimum Gasteiger partial charge on any atom is -0.489 e. The SMILES string of the molecule is C=CCOC12Oc3ccc(OCc4ccccc4F)cc3C3C(CCCCO)C(CCCCO)C=C(C(=NOCc4ccccc4)CC1N(CCOCCO)C(=O)OCCCl)C32. The molecule has 0 saturated heterocycles. The maximum absolute atomic E-state index is 14.8. The fraction of sp³-hybridized carbons (Fsp3) is 0.500. The molecule has 1 fully saturated rings. The third-order valence-corrected chi connectivity index (χ3v) is 12.0. The van der Waals surface area contributed by atoms with E-state index in [1.165, 1.54) is 6.07 Å². The third kappa shape index (κ3) is 11.4. The van der Waals surface area contributed by atoms with Crippen LogP contribution >= 0.6 is 11.6 Å². The summed E-state index contributed by atoms with van der Waals surface area (Å²) in [7, 11) is 0. The number of rotatable bonds is 25. The second-order valence-corrected chi connectivity index (χ2v) is 16.1. The largest absolute Gasteiger partial charge is 0.489 e. The van der Waals surface area contributed by atoms with Crippen molar-refractivity contribution in [1.29, 1.82) is 0 Å². The molecule has 1 saturated carbocycles. The average Bonchev–Trinajstić information content (AvgIpc) is 3.29. The number of benzene rings is 3. The van der Waals surface area contributed by atoms with Crippen molar-refractivity contribution in [1.82, 2.24) is 4.90 Å². The summed E-state index contributed by atoms with van der Waals surface area (Å²) in [4.78, 5) is 22.0. The highest BCUT2D eigenvalue weighted by atomic mass is 35.5. The lowest BCUT2D eigenvalue weighted by Crippen LogP contribution is -2.70. The van der Waals surface area contributed by atoms with E-state index in [2.05, 4.69) is 12.7 Å². The molecule has 0 bridgehead atoms. The predicted octanol–water partition coefficient (Wildman–Crippen LogP) is 7.92. The van der Waals surface area contributed by atoms with E-state index in [0.29, 0.717) is 35.6 Å². The third-order valence-electron chi connectivity index (χ3n) is 11.9. The van der Waals surface area contributed by atoms with E-state index in [0.717, 1.165) is 42.4 Å². The van der Waals surface area contributed by atoms with Gasteiger partial charge in [-0.15, -0.1) is 18.2 Å². The first kappa shape index (κ1) is 47.0. The van der Waals surface area contributed by atoms with Gasteiger partial charge in [0.25, 0.3) is 0 Å². The van der Waals surface area contributed by atoms with E-state index in [1.807, 2.05) is 42.5 Å². The van der Waals surface area contributed by atoms with E-state index in [4.69, 9.17) is 45.3 Å². The number of nitrogens with zero attached hydrogens (tertiary/aromatic N) is 2. The van der Waals surface area contributed by atoms with E-state index < -0.39 is 23.8 Å². The molecule has 14 heteroatoms. The molecule has 1 amide bonds. The van der Waals surface area contributed by atoms with Gasteiger partial charge in [0.2, 0.25) is 5.79 Å². The van der Waals surface area contributed by atoms with Gasteiger partial charge in [0.1, 0.15) is 43.2 Å². The summed E-state index contributed by atoms with van der Waals surface area (Å²) < 4.78 is 46.7. The summed E-state index contributed by atoms with van der Waals surface area (Å²) in [5, 5.41) is 34.2. The summed E-state index contributed by atoms with van der Waals surface area (Å²) in [5.41, 5.74) is 3.69. The molecule has 3 N–H and O–H groups in total. The Morgan fingerprint density at radius 2 is 1.73 bits per heavy atom. The van der Waals surface area contributed by atoms with Crippen LogP contribution in [0, 0.1) is 23.6 Å². The van der Waals surface area contributed by atoms with Crippen LogP contribution in [-0.4, -0.2) is 103 Å². The van der Waals surface area contributed by atoms with Gasteiger partial charge in [-0.1, -0.05) is 78.7 Å². The van der Waals surface area contributed by atoms with Crippen LogP contribution in [0.5, 0.6) is 11.5 Å². The summed E-state index contributed by atoms with van der Waals surface area (Å²) in [6, 6.07) is 21.0. The maximum Gasteiger partial charge on any atom is 0.410 e. The second kappa shape index (κ2) is 23.8. The van der Waals surface area contributed by atoms with Gasteiger partial charge in [-0.2, -0.15) is 0 Å². The molecule has 6 unspecified atom stereocenters. The first-order valence-corrected chi connectivity index (χ1v) is 22.2. The first-order valence-electron chi connectivity index (χ1n) is 21.7. The lowest BCUT2D eigenvalue weighted by atomic mass is 9.55. The summed E-state index contributed by atoms with van der Waals surface area (Å²) in [6.07, 6.45) is 7.69. The summed E-state index contributed by atoms with van der Waals surface area (Å²) in [6.45, 7) is 4.37. The predicted molar refractivity (Wildman–Crippen MR) is 234 cm³/mol. The minimum absolute atomic E-state index is 0.00933. The number of aliphatic hydroxyl groups excluding tert-OH is 3. The Bertz CT molecular complexity index is 1950. The van der Waals surface area contributed by atoms with Crippen molar-refractivity contribution in [2.45, 2.75) is 75.9 Å². The van der Waals surface area contributed by atoms with Crippen molar-refractivity contribution in [3.8, 4) is 11.5 Å². The highest BCUT2D eigenvalue weighted by Gasteiger charge is 2.65. The number of allylic oxidation sites excluding steroid dienone is 1. The number of alkyl halides is 1. The molecule has 0 spiro atoms. The first-order chi connectivity index (χ1) is 30.4. The van der Waals surface area contributed by atoms with Gasteiger partial charge in [0.05, 0.1) is 43.9 Å². The van der Waals surface area contributed by atoms with Gasteiger partial charge in [0.15, 0.2) is 0 Å². The van der Waals surface area contributed by atoms with E-state index in [9.17, 15) is 24.5 Å². The van der Waals surface area contributed by atoms with Crippen LogP contribution in [0.1, 0.15) is 67.6 Å². The van der Waals surface area contributed by atoms with Crippen LogP contribution in [0.4, 0.5) is 9.18 Å². The number of amides is 1. The van der Waals surface area contributed by atoms with Crippen molar-refractivity contribution < 1.29 is 53.0 Å². The average molecular weight is 879 g/mol. The number of halogens is 2. The molecule has 62 heavy (non-hydrogen) atoms. The number of aliphatic hydroxyl groups is 3. The molecule has 3 aromatic carbocycles. The van der Waals surface area contributed by atoms with Crippen LogP contribution in [0.25, 0.3) is 0 Å². The maximum atomic E-state index is 14.8. The van der Waals surface area contributed by atoms with Crippen LogP contribution < -0.4 is 9.47 Å². The monoisotopic (exact) mass is 878 g/mol. The van der Waals surface area contributed by atoms with Crippen molar-refractivity contribution in [3.63, 3.8) is 0 Å². The fourth-order valence-corrected chi connectivity index (χ4v) is 9.26. The Balaban J connectivity index is 1.55. The molecule has 6 rings (SSSR count). The number of carbonyl (C=O) groups excluding carboxylic acids is 1. The molecule has 336 valence electrons. The van der Waals surface area contributed by atoms with E-state index in [1.54, 1.807) is 35.2 Å². The van der Waals surface area contributed by atoms with Crippen molar-refractivity contribution >= 4 is 23.4 Å². The summed E-state index contributed by atoms with van der Waals surface area (Å²) in [5.74, 6) is -1.66. The standard InChI is InChI=1S/C48H60ClFN2O10/c1-2-25-60-48-44(52(21-27-57-28-24-55)47(56)58-26-20-49)31-42(51-61-32-34-12-4-3-5-13-34)39-29-35(14-8-10-22-53)38(16-9-11-23-54)45(46(39)48)40-30-37(18-19-43(40)62-48)59-33-36-15-6-7-17-41(36)50/h2-7,12-13,15,17-19,29-30,35,38,44-46,53-55H,1,8-11,14,16,20-28,31-33H2. The molecule has 3 aliphatic rings. The lowest BCUT2D eigenvalue weighted by Gasteiger charge is -2.59. The number of hydrogen-bond acceptors (Lipinski definition) is 11. The van der Waals surface area contributed by atoms with Gasteiger partial charge in [-0.3, -0.25) is 4.90 Å². The number of oxime groups is 1. The molecular weight excluding hydrogens is 819 g/mol. The molecule has 0 aromatic heterocycles. The molecule has 12 nitrogen and oxygen atoms in total. The zero-order valence-electron chi connectivity index (χ0n) is 35.3. The smallest absolute Gasteiger partial charge is 0.410 e. The Kier molecular flexibility index (Phi) is 18.0. The van der Waals surface area contributed by atoms with Crippen LogP contribution in [0.3, 0.4) is 0 Å². The Morgan fingerprint density at radius 1 is 0.952 bits per heavy atom. The number of carbonyl (C=O) groups is 1. The van der Waals surface area contributed by atoms with Crippen LogP contribution in [0.15, 0.2) is 102 Å². The zero-order valence-corrected chi connectivity index (χ0v) is 36.0. The molecule has 6 atom stereocenters. The molecule has 1 heterocycles. The highest BCUT2D eigenvalue weighted by Crippen LogP contribution is 2.62. The molecule has 2 aliphatic carbocycles.